The van der Waals surface area contributed by atoms with Crippen molar-refractivity contribution in [1.82, 2.24) is 4.57 Å². The Labute approximate surface area is 381 Å². The second-order valence-electron chi connectivity index (χ2n) is 16.8. The summed E-state index contributed by atoms with van der Waals surface area (Å²) in [5.41, 5.74) is 13.1. The summed E-state index contributed by atoms with van der Waals surface area (Å²) in [7, 11) is 0. The number of nitrogens with zero attached hydrogens (tertiary/aromatic N) is 2. The molecule has 0 aliphatic heterocycles. The van der Waals surface area contributed by atoms with E-state index in [1.165, 1.54) is 73.3 Å². The van der Waals surface area contributed by atoms with E-state index in [0.717, 1.165) is 55.8 Å². The van der Waals surface area contributed by atoms with Crippen LogP contribution in [0, 0.1) is 0 Å². The van der Waals surface area contributed by atoms with Crippen LogP contribution < -0.4 is 4.90 Å². The fourth-order valence-corrected chi connectivity index (χ4v) is 12.8. The summed E-state index contributed by atoms with van der Waals surface area (Å²) in [6.45, 7) is 0. The number of rotatable bonds is 6. The van der Waals surface area contributed by atoms with Crippen molar-refractivity contribution in [2.24, 2.45) is 0 Å². The Bertz CT molecular complexity index is 4150. The average molecular weight is 865 g/mol. The van der Waals surface area contributed by atoms with Gasteiger partial charge >= 0.3 is 0 Å². The second kappa shape index (κ2) is 14.3. The van der Waals surface area contributed by atoms with Gasteiger partial charge in [0, 0.05) is 68.7 Å². The first-order chi connectivity index (χ1) is 32.2. The summed E-state index contributed by atoms with van der Waals surface area (Å²) in [4.78, 5) is 2.46. The lowest BCUT2D eigenvalue weighted by Gasteiger charge is -2.27. The van der Waals surface area contributed by atoms with E-state index in [4.69, 9.17) is 4.42 Å². The van der Waals surface area contributed by atoms with Crippen LogP contribution in [0.2, 0.25) is 0 Å². The quantitative estimate of drug-likeness (QED) is 0.166. The second-order valence-corrected chi connectivity index (χ2v) is 18.9. The van der Waals surface area contributed by atoms with Crippen LogP contribution >= 0.6 is 22.7 Å². The zero-order chi connectivity index (χ0) is 42.6. The van der Waals surface area contributed by atoms with Gasteiger partial charge < -0.3 is 13.9 Å². The predicted molar refractivity (Wildman–Crippen MR) is 279 cm³/mol. The first kappa shape index (κ1) is 36.5. The molecule has 0 aliphatic rings. The lowest BCUT2D eigenvalue weighted by Crippen LogP contribution is -2.10. The fraction of sp³-hybridized carbons (Fsp3) is 0. The normalized spacial score (nSPS) is 12.0. The largest absolute Gasteiger partial charge is 0.455 e. The summed E-state index contributed by atoms with van der Waals surface area (Å²) in [6.07, 6.45) is 0. The minimum absolute atomic E-state index is 0.863. The first-order valence-electron chi connectivity index (χ1n) is 22.0. The number of benzene rings is 10. The highest BCUT2D eigenvalue weighted by atomic mass is 32.1. The van der Waals surface area contributed by atoms with Crippen molar-refractivity contribution in [3.8, 4) is 27.9 Å². The molecule has 0 saturated heterocycles. The van der Waals surface area contributed by atoms with E-state index in [1.807, 2.05) is 22.7 Å². The van der Waals surface area contributed by atoms with Crippen molar-refractivity contribution in [2.75, 3.05) is 4.90 Å². The van der Waals surface area contributed by atoms with Gasteiger partial charge in [0.15, 0.2) is 0 Å². The number of fused-ring (bicyclic) bond motifs is 12. The number of para-hydroxylation sites is 3. The molecule has 0 aliphatic carbocycles. The summed E-state index contributed by atoms with van der Waals surface area (Å²) in [5.74, 6) is 0. The molecule has 0 N–H and O–H groups in total. The summed E-state index contributed by atoms with van der Waals surface area (Å²) in [5, 5.41) is 9.81. The van der Waals surface area contributed by atoms with Gasteiger partial charge in [0.2, 0.25) is 0 Å². The number of aromatic nitrogens is 1. The van der Waals surface area contributed by atoms with E-state index in [1.54, 1.807) is 0 Å². The van der Waals surface area contributed by atoms with Crippen molar-refractivity contribution >= 4 is 124 Å². The van der Waals surface area contributed by atoms with Crippen molar-refractivity contribution in [1.29, 1.82) is 0 Å². The molecule has 0 fully saturated rings. The van der Waals surface area contributed by atoms with Crippen molar-refractivity contribution in [2.45, 2.75) is 0 Å². The Morgan fingerprint density at radius 1 is 0.385 bits per heavy atom. The first-order valence-corrected chi connectivity index (χ1v) is 23.6. The zero-order valence-electron chi connectivity index (χ0n) is 34.9. The van der Waals surface area contributed by atoms with Gasteiger partial charge in [-0.25, -0.2) is 0 Å². The standard InChI is InChI=1S/C60H36N2OS2/c1-6-24-50-43(16-1)44-17-2-7-25-51(44)62(50)40-15-11-14-38(36-40)41-34-35-52(57-49-20-3-8-27-54(49)63-58(41)57)61(53-26-13-23-48-46-19-5-10-29-56(46)65-60(48)53)39-32-30-37(31-33-39)42-21-12-22-47-45-18-4-9-28-55(45)64-59(42)47/h1-36H. The number of hydrogen-bond acceptors (Lipinski definition) is 4. The SMILES string of the molecule is c1cc(-c2ccc(N(c3ccc(-c4cccc5c4sc4ccccc45)cc3)c3cccc4c3sc3ccccc34)c3c2oc2ccccc23)cc(-n2c3ccccc3c3ccccc32)c1. The number of anilines is 3. The number of hydrogen-bond donors (Lipinski definition) is 0. The maximum atomic E-state index is 7.02. The molecule has 5 heteroatoms. The summed E-state index contributed by atoms with van der Waals surface area (Å²) >= 11 is 3.73. The van der Waals surface area contributed by atoms with Crippen LogP contribution in [0.25, 0.3) is 112 Å². The molecule has 0 unspecified atom stereocenters. The molecule has 4 heterocycles. The van der Waals surface area contributed by atoms with Gasteiger partial charge in [0.05, 0.1) is 32.5 Å². The van der Waals surface area contributed by atoms with Crippen molar-refractivity contribution in [3.63, 3.8) is 0 Å². The Morgan fingerprint density at radius 3 is 1.71 bits per heavy atom. The molecule has 4 aromatic heterocycles. The van der Waals surface area contributed by atoms with E-state index in [0.29, 0.717) is 0 Å². The van der Waals surface area contributed by atoms with Crippen LogP contribution in [-0.2, 0) is 0 Å². The van der Waals surface area contributed by atoms with E-state index >= 15 is 0 Å². The van der Waals surface area contributed by atoms with Gasteiger partial charge in [-0.2, -0.15) is 0 Å². The van der Waals surface area contributed by atoms with Crippen LogP contribution in [0.3, 0.4) is 0 Å². The minimum Gasteiger partial charge on any atom is -0.455 e. The third kappa shape index (κ3) is 5.53. The number of furan rings is 1. The Kier molecular flexibility index (Phi) is 8.02. The molecule has 304 valence electrons. The van der Waals surface area contributed by atoms with Gasteiger partial charge in [-0.05, 0) is 89.5 Å². The maximum absolute atomic E-state index is 7.02. The summed E-state index contributed by atoms with van der Waals surface area (Å²) in [6, 6.07) is 79.5. The molecule has 65 heavy (non-hydrogen) atoms. The highest BCUT2D eigenvalue weighted by Crippen LogP contribution is 2.50. The third-order valence-electron chi connectivity index (χ3n) is 13.2. The van der Waals surface area contributed by atoms with Crippen LogP contribution in [0.4, 0.5) is 17.1 Å². The molecule has 14 aromatic rings. The van der Waals surface area contributed by atoms with Gasteiger partial charge in [0.1, 0.15) is 11.2 Å². The zero-order valence-corrected chi connectivity index (χ0v) is 36.5. The minimum atomic E-state index is 0.863. The lowest BCUT2D eigenvalue weighted by atomic mass is 9.98. The maximum Gasteiger partial charge on any atom is 0.145 e. The Balaban J connectivity index is 0.990. The molecule has 14 rings (SSSR count). The molecule has 10 aromatic carbocycles. The Morgan fingerprint density at radius 2 is 0.969 bits per heavy atom. The highest BCUT2D eigenvalue weighted by Gasteiger charge is 2.25. The highest BCUT2D eigenvalue weighted by molar-refractivity contribution is 7.26. The van der Waals surface area contributed by atoms with Crippen molar-refractivity contribution < 1.29 is 4.42 Å². The summed E-state index contributed by atoms with van der Waals surface area (Å²) < 4.78 is 14.6. The van der Waals surface area contributed by atoms with Crippen molar-refractivity contribution in [3.05, 3.63) is 218 Å². The average Bonchev–Trinajstić information content (AvgIpc) is 4.14. The molecular formula is C60H36N2OS2. The fourth-order valence-electron chi connectivity index (χ4n) is 10.3. The van der Waals surface area contributed by atoms with Gasteiger partial charge in [-0.3, -0.25) is 0 Å². The molecule has 3 nitrogen and oxygen atoms in total. The molecular weight excluding hydrogens is 829 g/mol. The van der Waals surface area contributed by atoms with E-state index in [2.05, 4.69) is 228 Å². The van der Waals surface area contributed by atoms with Crippen LogP contribution in [0.1, 0.15) is 0 Å². The van der Waals surface area contributed by atoms with Gasteiger partial charge in [0.25, 0.3) is 0 Å². The van der Waals surface area contributed by atoms with Gasteiger partial charge in [-0.15, -0.1) is 22.7 Å². The third-order valence-corrected chi connectivity index (χ3v) is 15.6. The Hall–Kier alpha value is -7.96. The lowest BCUT2D eigenvalue weighted by molar-refractivity contribution is 0.670. The molecule has 0 atom stereocenters. The topological polar surface area (TPSA) is 21.3 Å². The molecule has 0 radical (unpaired) electrons. The van der Waals surface area contributed by atoms with E-state index < -0.39 is 0 Å². The van der Waals surface area contributed by atoms with Crippen LogP contribution in [0.15, 0.2) is 223 Å². The van der Waals surface area contributed by atoms with E-state index in [9.17, 15) is 0 Å². The van der Waals surface area contributed by atoms with Crippen LogP contribution in [-0.4, -0.2) is 4.57 Å². The number of thiophene rings is 2. The van der Waals surface area contributed by atoms with E-state index in [-0.39, 0.29) is 0 Å². The smallest absolute Gasteiger partial charge is 0.145 e. The molecule has 0 amide bonds. The molecule has 0 spiro atoms. The predicted octanol–water partition coefficient (Wildman–Crippen LogP) is 18.2. The molecule has 0 saturated carbocycles. The van der Waals surface area contributed by atoms with Gasteiger partial charge in [-0.1, -0.05) is 146 Å². The van der Waals surface area contributed by atoms with Crippen LogP contribution in [0.5, 0.6) is 0 Å². The monoisotopic (exact) mass is 864 g/mol. The molecule has 0 bridgehead atoms.